The van der Waals surface area contributed by atoms with Gasteiger partial charge in [-0.15, -0.1) is 0 Å². The molecule has 1 N–H and O–H groups in total. The Balaban J connectivity index is 1.77. The highest BCUT2D eigenvalue weighted by Crippen LogP contribution is 2.47. The Morgan fingerprint density at radius 3 is 2.57 bits per heavy atom. The van der Waals surface area contributed by atoms with Crippen LogP contribution in [-0.4, -0.2) is 50.5 Å². The maximum atomic E-state index is 12.1. The SMILES string of the molecule is CCS(=O)(=O)C[C@H](C)N(C)C(=O)NC[C@H]1C[C@H]2CC[C@H]1C2. The molecule has 2 fully saturated rings. The van der Waals surface area contributed by atoms with Crippen molar-refractivity contribution in [3.8, 4) is 0 Å². The van der Waals surface area contributed by atoms with Crippen LogP contribution in [0.15, 0.2) is 0 Å². The third-order valence-electron chi connectivity index (χ3n) is 5.32. The Kier molecular flexibility index (Phi) is 5.17. The van der Waals surface area contributed by atoms with Gasteiger partial charge in [-0.05, 0) is 43.9 Å². The number of nitrogens with one attached hydrogen (secondary N) is 1. The lowest BCUT2D eigenvalue weighted by atomic mass is 9.89. The van der Waals surface area contributed by atoms with E-state index in [2.05, 4.69) is 5.32 Å². The number of hydrogen-bond donors (Lipinski definition) is 1. The number of hydrogen-bond acceptors (Lipinski definition) is 3. The van der Waals surface area contributed by atoms with E-state index in [1.165, 1.54) is 30.6 Å². The predicted octanol–water partition coefficient (Wildman–Crippen LogP) is 1.89. The first-order chi connectivity index (χ1) is 9.82. The monoisotopic (exact) mass is 316 g/mol. The van der Waals surface area contributed by atoms with E-state index in [-0.39, 0.29) is 23.6 Å². The van der Waals surface area contributed by atoms with Crippen LogP contribution in [-0.2, 0) is 9.84 Å². The molecule has 5 nitrogen and oxygen atoms in total. The Morgan fingerprint density at radius 1 is 1.33 bits per heavy atom. The molecule has 0 aromatic rings. The van der Waals surface area contributed by atoms with E-state index in [1.54, 1.807) is 20.9 Å². The molecular weight excluding hydrogens is 288 g/mol. The Labute approximate surface area is 128 Å². The van der Waals surface area contributed by atoms with Crippen molar-refractivity contribution in [3.05, 3.63) is 0 Å². The van der Waals surface area contributed by atoms with Gasteiger partial charge < -0.3 is 10.2 Å². The van der Waals surface area contributed by atoms with Gasteiger partial charge >= 0.3 is 6.03 Å². The lowest BCUT2D eigenvalue weighted by Crippen LogP contribution is -2.46. The summed E-state index contributed by atoms with van der Waals surface area (Å²) in [5.41, 5.74) is 0. The van der Waals surface area contributed by atoms with E-state index in [4.69, 9.17) is 0 Å². The third-order valence-corrected chi connectivity index (χ3v) is 7.19. The highest BCUT2D eigenvalue weighted by atomic mass is 32.2. The maximum absolute atomic E-state index is 12.1. The van der Waals surface area contributed by atoms with Crippen molar-refractivity contribution in [1.29, 1.82) is 0 Å². The summed E-state index contributed by atoms with van der Waals surface area (Å²) >= 11 is 0. The summed E-state index contributed by atoms with van der Waals surface area (Å²) in [4.78, 5) is 13.7. The van der Waals surface area contributed by atoms with E-state index < -0.39 is 9.84 Å². The maximum Gasteiger partial charge on any atom is 0.317 e. The van der Waals surface area contributed by atoms with Crippen molar-refractivity contribution in [3.63, 3.8) is 0 Å². The summed E-state index contributed by atoms with van der Waals surface area (Å²) in [6, 6.07) is -0.452. The summed E-state index contributed by atoms with van der Waals surface area (Å²) in [5.74, 6) is 2.44. The minimum absolute atomic E-state index is 0.0293. The molecule has 2 aliphatic carbocycles. The van der Waals surface area contributed by atoms with Gasteiger partial charge in [0, 0.05) is 25.4 Å². The van der Waals surface area contributed by atoms with Gasteiger partial charge in [0.2, 0.25) is 0 Å². The summed E-state index contributed by atoms with van der Waals surface area (Å²) in [7, 11) is -1.38. The topological polar surface area (TPSA) is 66.5 Å². The number of sulfone groups is 1. The number of urea groups is 1. The summed E-state index contributed by atoms with van der Waals surface area (Å²) in [6.07, 6.45) is 5.25. The van der Waals surface area contributed by atoms with Gasteiger partial charge in [-0.2, -0.15) is 0 Å². The van der Waals surface area contributed by atoms with Gasteiger partial charge in [-0.3, -0.25) is 0 Å². The molecule has 0 radical (unpaired) electrons. The Hall–Kier alpha value is -0.780. The van der Waals surface area contributed by atoms with Crippen molar-refractivity contribution >= 4 is 15.9 Å². The zero-order chi connectivity index (χ0) is 15.6. The minimum atomic E-state index is -3.06. The largest absolute Gasteiger partial charge is 0.338 e. The van der Waals surface area contributed by atoms with Crippen LogP contribution in [0.3, 0.4) is 0 Å². The highest BCUT2D eigenvalue weighted by molar-refractivity contribution is 7.91. The molecular formula is C15H28N2O3S. The van der Waals surface area contributed by atoms with Crippen molar-refractivity contribution in [2.45, 2.75) is 45.6 Å². The van der Waals surface area contributed by atoms with Crippen molar-refractivity contribution in [1.82, 2.24) is 10.2 Å². The van der Waals surface area contributed by atoms with Gasteiger partial charge in [0.25, 0.3) is 0 Å². The van der Waals surface area contributed by atoms with Gasteiger partial charge in [0.1, 0.15) is 0 Å². The molecule has 0 aromatic carbocycles. The van der Waals surface area contributed by atoms with Gasteiger partial charge in [-0.1, -0.05) is 13.3 Å². The lowest BCUT2D eigenvalue weighted by molar-refractivity contribution is 0.193. The molecule has 2 aliphatic rings. The van der Waals surface area contributed by atoms with Crippen LogP contribution in [0.25, 0.3) is 0 Å². The fourth-order valence-corrected chi connectivity index (χ4v) is 4.96. The van der Waals surface area contributed by atoms with Gasteiger partial charge in [-0.25, -0.2) is 13.2 Å². The molecule has 0 heterocycles. The first-order valence-electron chi connectivity index (χ1n) is 8.03. The zero-order valence-electron chi connectivity index (χ0n) is 13.3. The van der Waals surface area contributed by atoms with Crippen LogP contribution < -0.4 is 5.32 Å². The van der Waals surface area contributed by atoms with Crippen molar-refractivity contribution in [2.75, 3.05) is 25.1 Å². The van der Waals surface area contributed by atoms with Crippen molar-refractivity contribution < 1.29 is 13.2 Å². The fraction of sp³-hybridized carbons (Fsp3) is 0.933. The molecule has 4 atom stereocenters. The van der Waals surface area contributed by atoms with Gasteiger partial charge in [0.15, 0.2) is 9.84 Å². The first-order valence-corrected chi connectivity index (χ1v) is 9.85. The van der Waals surface area contributed by atoms with Crippen LogP contribution in [0.1, 0.15) is 39.5 Å². The molecule has 0 unspecified atom stereocenters. The van der Waals surface area contributed by atoms with E-state index in [1.807, 2.05) is 0 Å². The fourth-order valence-electron chi connectivity index (χ4n) is 3.77. The predicted molar refractivity (Wildman–Crippen MR) is 83.9 cm³/mol. The first kappa shape index (κ1) is 16.6. The van der Waals surface area contributed by atoms with Crippen molar-refractivity contribution in [2.24, 2.45) is 17.8 Å². The third kappa shape index (κ3) is 4.11. The molecule has 21 heavy (non-hydrogen) atoms. The van der Waals surface area contributed by atoms with Crippen LogP contribution in [0, 0.1) is 17.8 Å². The molecule has 122 valence electrons. The number of fused-ring (bicyclic) bond motifs is 2. The Morgan fingerprint density at radius 2 is 2.05 bits per heavy atom. The highest BCUT2D eigenvalue weighted by Gasteiger charge is 2.39. The van der Waals surface area contributed by atoms with E-state index in [9.17, 15) is 13.2 Å². The second-order valence-electron chi connectivity index (χ2n) is 6.78. The smallest absolute Gasteiger partial charge is 0.317 e. The van der Waals surface area contributed by atoms with E-state index in [0.717, 1.165) is 18.4 Å². The Bertz CT molecular complexity index is 477. The second kappa shape index (κ2) is 6.55. The molecule has 2 bridgehead atoms. The molecule has 0 aromatic heterocycles. The number of nitrogens with zero attached hydrogens (tertiary/aromatic N) is 1. The molecule has 0 aliphatic heterocycles. The average Bonchev–Trinajstić information content (AvgIpc) is 3.05. The average molecular weight is 316 g/mol. The van der Waals surface area contributed by atoms with Crippen LogP contribution in [0.4, 0.5) is 4.79 Å². The molecule has 2 saturated carbocycles. The quantitative estimate of drug-likeness (QED) is 0.814. The molecule has 0 spiro atoms. The van der Waals surface area contributed by atoms with Gasteiger partial charge in [0.05, 0.1) is 5.75 Å². The number of rotatable bonds is 6. The molecule has 6 heteroatoms. The summed E-state index contributed by atoms with van der Waals surface area (Å²) in [5, 5.41) is 2.99. The van der Waals surface area contributed by atoms with Crippen LogP contribution >= 0.6 is 0 Å². The van der Waals surface area contributed by atoms with E-state index in [0.29, 0.717) is 5.92 Å². The summed E-state index contributed by atoms with van der Waals surface area (Å²) in [6.45, 7) is 4.15. The second-order valence-corrected chi connectivity index (χ2v) is 9.18. The zero-order valence-corrected chi connectivity index (χ0v) is 14.2. The standard InChI is InChI=1S/C15H28N2O3S/c1-4-21(19,20)10-11(2)17(3)15(18)16-9-14-8-12-5-6-13(14)7-12/h11-14H,4-10H2,1-3H3,(H,16,18)/t11-,12-,13-,14+/m0/s1. The normalized spacial score (nSPS) is 29.4. The molecule has 2 rings (SSSR count). The van der Waals surface area contributed by atoms with Crippen LogP contribution in [0.5, 0.6) is 0 Å². The molecule has 2 amide bonds. The molecule has 0 saturated heterocycles. The number of amides is 2. The summed E-state index contributed by atoms with van der Waals surface area (Å²) < 4.78 is 23.3. The lowest BCUT2D eigenvalue weighted by Gasteiger charge is -2.27. The van der Waals surface area contributed by atoms with E-state index >= 15 is 0 Å². The van der Waals surface area contributed by atoms with Crippen LogP contribution in [0.2, 0.25) is 0 Å². The number of carbonyl (C=O) groups excluding carboxylic acids is 1. The number of carbonyl (C=O) groups is 1. The minimum Gasteiger partial charge on any atom is -0.338 e.